The van der Waals surface area contributed by atoms with Crippen molar-refractivity contribution in [3.8, 4) is 0 Å². The van der Waals surface area contributed by atoms with E-state index in [1.165, 1.54) is 4.90 Å². The number of ether oxygens (including phenoxy) is 1. The third-order valence-corrected chi connectivity index (χ3v) is 3.39. The van der Waals surface area contributed by atoms with Crippen LogP contribution in [0.5, 0.6) is 0 Å². The van der Waals surface area contributed by atoms with Crippen LogP contribution in [0, 0.1) is 17.5 Å². The van der Waals surface area contributed by atoms with Gasteiger partial charge in [0.2, 0.25) is 0 Å². The third kappa shape index (κ3) is 3.35. The number of hydrogen-bond donors (Lipinski definition) is 1. The van der Waals surface area contributed by atoms with Crippen molar-refractivity contribution >= 4 is 6.09 Å². The lowest BCUT2D eigenvalue weighted by molar-refractivity contribution is 0.0233. The molecular weight excluding hydrogens is 297 g/mol. The summed E-state index contributed by atoms with van der Waals surface area (Å²) in [5.41, 5.74) is 4.81. The summed E-state index contributed by atoms with van der Waals surface area (Å²) in [7, 11) is 0. The maximum Gasteiger partial charge on any atom is 0.410 e. The van der Waals surface area contributed by atoms with Crippen LogP contribution in [0.2, 0.25) is 0 Å². The standard InChI is InChI=1S/C15H19F3N2O2/c1-15(2,3)22-14(21)20-5-4-11(19)12-8(7-20)9(16)6-10(17)13(12)18/h6,11H,4-5,7,19H2,1-3H3/t11-/m1/s1. The molecule has 0 radical (unpaired) electrons. The molecular formula is C15H19F3N2O2. The zero-order chi connectivity index (χ0) is 16.7. The predicted molar refractivity (Wildman–Crippen MR) is 74.5 cm³/mol. The summed E-state index contributed by atoms with van der Waals surface area (Å²) in [5.74, 6) is -3.35. The zero-order valence-corrected chi connectivity index (χ0v) is 12.8. The molecule has 1 aliphatic heterocycles. The Morgan fingerprint density at radius 1 is 1.32 bits per heavy atom. The van der Waals surface area contributed by atoms with Gasteiger partial charge in [-0.15, -0.1) is 0 Å². The van der Waals surface area contributed by atoms with Crippen molar-refractivity contribution < 1.29 is 22.7 Å². The monoisotopic (exact) mass is 316 g/mol. The van der Waals surface area contributed by atoms with Crippen LogP contribution in [0.25, 0.3) is 0 Å². The molecule has 7 heteroatoms. The van der Waals surface area contributed by atoms with Crippen LogP contribution in [0.3, 0.4) is 0 Å². The van der Waals surface area contributed by atoms with Crippen molar-refractivity contribution in [2.75, 3.05) is 6.54 Å². The first kappa shape index (κ1) is 16.6. The summed E-state index contributed by atoms with van der Waals surface area (Å²) in [5, 5.41) is 0. The van der Waals surface area contributed by atoms with E-state index in [0.717, 1.165) is 0 Å². The van der Waals surface area contributed by atoms with Gasteiger partial charge in [-0.2, -0.15) is 0 Å². The number of carbonyl (C=O) groups excluding carboxylic acids is 1. The van der Waals surface area contributed by atoms with Gasteiger partial charge < -0.3 is 15.4 Å². The molecule has 0 bridgehead atoms. The topological polar surface area (TPSA) is 55.6 Å². The second kappa shape index (κ2) is 5.79. The van der Waals surface area contributed by atoms with Gasteiger partial charge in [0.1, 0.15) is 11.4 Å². The van der Waals surface area contributed by atoms with Crippen molar-refractivity contribution in [1.82, 2.24) is 4.90 Å². The van der Waals surface area contributed by atoms with Crippen LogP contribution in [0.1, 0.15) is 44.4 Å². The minimum Gasteiger partial charge on any atom is -0.444 e. The summed E-state index contributed by atoms with van der Waals surface area (Å²) in [6, 6.07) is -0.410. The van der Waals surface area contributed by atoms with Gasteiger partial charge in [0.25, 0.3) is 0 Å². The van der Waals surface area contributed by atoms with Crippen LogP contribution in [0.15, 0.2) is 6.07 Å². The van der Waals surface area contributed by atoms with Crippen LogP contribution in [-0.4, -0.2) is 23.1 Å². The van der Waals surface area contributed by atoms with Crippen LogP contribution >= 0.6 is 0 Å². The summed E-state index contributed by atoms with van der Waals surface area (Å²) in [4.78, 5) is 13.4. The number of nitrogens with zero attached hydrogens (tertiary/aromatic N) is 1. The fourth-order valence-electron chi connectivity index (χ4n) is 2.39. The number of halogens is 3. The van der Waals surface area contributed by atoms with Crippen molar-refractivity contribution in [3.05, 3.63) is 34.6 Å². The summed E-state index contributed by atoms with van der Waals surface area (Å²) in [6.45, 7) is 5.08. The molecule has 0 unspecified atom stereocenters. The predicted octanol–water partition coefficient (Wildman–Crippen LogP) is 3.24. The Bertz CT molecular complexity index is 599. The molecule has 1 heterocycles. The van der Waals surface area contributed by atoms with Crippen molar-refractivity contribution in [2.24, 2.45) is 5.73 Å². The molecule has 1 atom stereocenters. The zero-order valence-electron chi connectivity index (χ0n) is 12.8. The number of fused-ring (bicyclic) bond motifs is 1. The summed E-state index contributed by atoms with van der Waals surface area (Å²) in [6.07, 6.45) is -0.455. The molecule has 0 saturated carbocycles. The molecule has 0 aliphatic carbocycles. The number of hydrogen-bond acceptors (Lipinski definition) is 3. The largest absolute Gasteiger partial charge is 0.444 e. The van der Waals surface area contributed by atoms with Gasteiger partial charge >= 0.3 is 6.09 Å². The maximum absolute atomic E-state index is 14.0. The maximum atomic E-state index is 14.0. The number of amides is 1. The molecule has 1 aliphatic rings. The second-order valence-corrected chi connectivity index (χ2v) is 6.34. The number of nitrogens with two attached hydrogens (primary N) is 1. The molecule has 1 aromatic rings. The lowest BCUT2D eigenvalue weighted by Gasteiger charge is -2.26. The number of carbonyl (C=O) groups is 1. The highest BCUT2D eigenvalue weighted by Gasteiger charge is 2.31. The van der Waals surface area contributed by atoms with Crippen LogP contribution in [-0.2, 0) is 11.3 Å². The fraction of sp³-hybridized carbons (Fsp3) is 0.533. The Balaban J connectivity index is 2.37. The first-order chi connectivity index (χ1) is 10.1. The van der Waals surface area contributed by atoms with Crippen LogP contribution in [0.4, 0.5) is 18.0 Å². The molecule has 4 nitrogen and oxygen atoms in total. The molecule has 22 heavy (non-hydrogen) atoms. The Labute approximate surface area is 127 Å². The van der Waals surface area contributed by atoms with E-state index in [9.17, 15) is 18.0 Å². The Hall–Kier alpha value is -1.76. The lowest BCUT2D eigenvalue weighted by Crippen LogP contribution is -2.36. The Morgan fingerprint density at radius 2 is 1.95 bits per heavy atom. The molecule has 0 saturated heterocycles. The third-order valence-electron chi connectivity index (χ3n) is 3.39. The Kier molecular flexibility index (Phi) is 4.37. The van der Waals surface area contributed by atoms with Crippen molar-refractivity contribution in [1.29, 1.82) is 0 Å². The highest BCUT2D eigenvalue weighted by Crippen LogP contribution is 2.31. The quantitative estimate of drug-likeness (QED) is 0.748. The molecule has 1 amide bonds. The van der Waals surface area contributed by atoms with Gasteiger partial charge in [0.05, 0.1) is 6.54 Å². The minimum atomic E-state index is -1.28. The molecule has 0 aromatic heterocycles. The summed E-state index contributed by atoms with van der Waals surface area (Å²) >= 11 is 0. The fourth-order valence-corrected chi connectivity index (χ4v) is 2.39. The molecule has 122 valence electrons. The first-order valence-electron chi connectivity index (χ1n) is 7.00. The van der Waals surface area contributed by atoms with Gasteiger partial charge in [-0.05, 0) is 27.2 Å². The molecule has 0 fully saturated rings. The van der Waals surface area contributed by atoms with E-state index < -0.39 is 35.2 Å². The van der Waals surface area contributed by atoms with Gasteiger partial charge in [0.15, 0.2) is 11.6 Å². The SMILES string of the molecule is CC(C)(C)OC(=O)N1CC[C@@H](N)c2c(F)c(F)cc(F)c2C1. The van der Waals surface area contributed by atoms with Gasteiger partial charge in [-0.3, -0.25) is 0 Å². The average molecular weight is 316 g/mol. The van der Waals surface area contributed by atoms with E-state index in [4.69, 9.17) is 10.5 Å². The first-order valence-corrected chi connectivity index (χ1v) is 7.00. The molecule has 2 N–H and O–H groups in total. The van der Waals surface area contributed by atoms with Crippen molar-refractivity contribution in [2.45, 2.75) is 45.4 Å². The molecule has 1 aromatic carbocycles. The van der Waals surface area contributed by atoms with Crippen molar-refractivity contribution in [3.63, 3.8) is 0 Å². The van der Waals surface area contributed by atoms with E-state index in [-0.39, 0.29) is 30.6 Å². The highest BCUT2D eigenvalue weighted by atomic mass is 19.2. The number of benzene rings is 1. The minimum absolute atomic E-state index is 0.102. The highest BCUT2D eigenvalue weighted by molar-refractivity contribution is 5.68. The normalized spacial score (nSPS) is 18.7. The van der Waals surface area contributed by atoms with Gasteiger partial charge in [-0.25, -0.2) is 18.0 Å². The molecule has 2 rings (SSSR count). The second-order valence-electron chi connectivity index (χ2n) is 6.34. The van der Waals surface area contributed by atoms with Gasteiger partial charge in [-0.1, -0.05) is 0 Å². The van der Waals surface area contributed by atoms with E-state index in [1.54, 1.807) is 20.8 Å². The smallest absolute Gasteiger partial charge is 0.410 e. The average Bonchev–Trinajstić information content (AvgIpc) is 2.54. The Morgan fingerprint density at radius 3 is 2.55 bits per heavy atom. The summed E-state index contributed by atoms with van der Waals surface area (Å²) < 4.78 is 46.5. The molecule has 0 spiro atoms. The van der Waals surface area contributed by atoms with Crippen LogP contribution < -0.4 is 5.73 Å². The van der Waals surface area contributed by atoms with E-state index in [2.05, 4.69) is 0 Å². The number of rotatable bonds is 0. The lowest BCUT2D eigenvalue weighted by atomic mass is 9.98. The van der Waals surface area contributed by atoms with E-state index >= 15 is 0 Å². The van der Waals surface area contributed by atoms with E-state index in [0.29, 0.717) is 6.07 Å². The van der Waals surface area contributed by atoms with E-state index in [1.807, 2.05) is 0 Å². The van der Waals surface area contributed by atoms with Gasteiger partial charge in [0, 0.05) is 29.8 Å².